The van der Waals surface area contributed by atoms with Crippen molar-refractivity contribution in [2.24, 2.45) is 11.8 Å². The number of carbonyl (C=O) groups is 4. The van der Waals surface area contributed by atoms with E-state index in [4.69, 9.17) is 37.0 Å². The second-order valence-electron chi connectivity index (χ2n) is 29.8. The van der Waals surface area contributed by atoms with Crippen LogP contribution in [0.1, 0.15) is 408 Å². The summed E-state index contributed by atoms with van der Waals surface area (Å²) in [5.74, 6) is -0.545. The maximum atomic E-state index is 13.1. The molecule has 0 aliphatic heterocycles. The normalized spacial score (nSPS) is 14.0. The van der Waals surface area contributed by atoms with Gasteiger partial charge in [0.2, 0.25) is 0 Å². The van der Waals surface area contributed by atoms with Crippen molar-refractivity contribution in [2.75, 3.05) is 39.6 Å². The predicted octanol–water partition coefficient (Wildman–Crippen LogP) is 24.2. The predicted molar refractivity (Wildman–Crippen MR) is 414 cm³/mol. The number of aliphatic hydroxyl groups is 1. The summed E-state index contributed by atoms with van der Waals surface area (Å²) in [6, 6.07) is 0. The molecular formula is C82H156O17P2. The first kappa shape index (κ1) is 98.5. The molecule has 0 saturated carbocycles. The van der Waals surface area contributed by atoms with Gasteiger partial charge in [-0.1, -0.05) is 355 Å². The van der Waals surface area contributed by atoms with E-state index in [2.05, 4.69) is 65.8 Å². The lowest BCUT2D eigenvalue weighted by Gasteiger charge is -2.21. The van der Waals surface area contributed by atoms with E-state index in [0.29, 0.717) is 25.7 Å². The first-order valence-electron chi connectivity index (χ1n) is 41.8. The molecule has 0 heterocycles. The van der Waals surface area contributed by atoms with Gasteiger partial charge in [0.15, 0.2) is 12.2 Å². The van der Waals surface area contributed by atoms with Crippen LogP contribution in [0.2, 0.25) is 0 Å². The van der Waals surface area contributed by atoms with Crippen LogP contribution in [0, 0.1) is 11.8 Å². The molecule has 0 aromatic rings. The van der Waals surface area contributed by atoms with Gasteiger partial charge in [-0.2, -0.15) is 0 Å². The Labute approximate surface area is 618 Å². The number of rotatable bonds is 79. The fourth-order valence-electron chi connectivity index (χ4n) is 12.2. The molecule has 596 valence electrons. The van der Waals surface area contributed by atoms with E-state index >= 15 is 0 Å². The number of carbonyl (C=O) groups excluding carboxylic acids is 4. The molecule has 19 heteroatoms. The molecule has 17 nitrogen and oxygen atoms in total. The molecule has 0 amide bonds. The zero-order chi connectivity index (χ0) is 74.2. The summed E-state index contributed by atoms with van der Waals surface area (Å²) in [5.41, 5.74) is 0. The van der Waals surface area contributed by atoms with Gasteiger partial charge in [-0.3, -0.25) is 37.3 Å². The number of phosphoric ester groups is 2. The van der Waals surface area contributed by atoms with Crippen LogP contribution in [0.15, 0.2) is 24.3 Å². The molecule has 0 fully saturated rings. The number of allylic oxidation sites excluding steroid dienone is 4. The van der Waals surface area contributed by atoms with Gasteiger partial charge in [-0.25, -0.2) is 9.13 Å². The average molecular weight is 1480 g/mol. The van der Waals surface area contributed by atoms with Crippen molar-refractivity contribution in [3.63, 3.8) is 0 Å². The second kappa shape index (κ2) is 73.1. The summed E-state index contributed by atoms with van der Waals surface area (Å²) in [5, 5.41) is 10.6. The van der Waals surface area contributed by atoms with Crippen molar-refractivity contribution in [3.05, 3.63) is 24.3 Å². The Hall–Kier alpha value is -2.46. The van der Waals surface area contributed by atoms with Crippen molar-refractivity contribution < 1.29 is 80.2 Å². The van der Waals surface area contributed by atoms with Crippen LogP contribution >= 0.6 is 15.6 Å². The molecule has 0 spiro atoms. The minimum atomic E-state index is -4.97. The van der Waals surface area contributed by atoms with E-state index in [1.165, 1.54) is 212 Å². The lowest BCUT2D eigenvalue weighted by atomic mass is 10.0. The molecule has 0 aromatic carbocycles. The van der Waals surface area contributed by atoms with Crippen LogP contribution in [0.25, 0.3) is 0 Å². The van der Waals surface area contributed by atoms with Gasteiger partial charge in [-0.15, -0.1) is 0 Å². The summed E-state index contributed by atoms with van der Waals surface area (Å²) in [6.45, 7) is 9.62. The SMILES string of the molecule is CCCCCC/C=C\C=C/CCCCCCCC(=O)O[C@H](COC(=O)CCCCCCCCCCCCCC)COP(=O)(O)OC[C@H](O)COP(=O)(O)OC[C@@H](COC(=O)CCCCCCCCCCCCCCCC(C)C)OC(=O)CCCCCCCCCCCCCCCCCC(C)C. The molecule has 0 saturated heterocycles. The highest BCUT2D eigenvalue weighted by atomic mass is 31.2. The maximum absolute atomic E-state index is 13.1. The third kappa shape index (κ3) is 75.6. The number of unbranched alkanes of at least 4 members (excludes halogenated alkanes) is 46. The van der Waals surface area contributed by atoms with Crippen molar-refractivity contribution in [2.45, 2.75) is 426 Å². The van der Waals surface area contributed by atoms with E-state index in [-0.39, 0.29) is 25.7 Å². The zero-order valence-corrected chi connectivity index (χ0v) is 67.5. The molecular weight excluding hydrogens is 1320 g/mol. The highest BCUT2D eigenvalue weighted by molar-refractivity contribution is 7.47. The smallest absolute Gasteiger partial charge is 0.462 e. The van der Waals surface area contributed by atoms with Crippen molar-refractivity contribution in [1.29, 1.82) is 0 Å². The standard InChI is InChI=1S/C82H156O17P2/c1-7-9-11-13-15-17-19-21-23-29-36-42-48-54-60-66-81(86)98-77(70-92-79(84)64-58-52-46-40-34-20-18-16-14-12-10-8-2)72-96-100(88,89)94-68-76(83)69-95-101(90,91)97-73-78(71-93-80(85)65-59-53-47-41-35-31-26-28-33-39-45-51-57-63-75(5)6)99-82(87)67-61-55-49-43-37-30-25-22-24-27-32-38-44-50-56-62-74(3)4/h17,19,21,23,74-78,83H,7-16,18,20,22,24-73H2,1-6H3,(H,88,89)(H,90,91)/b19-17-,23-21-/t76-,77+,78+/m0/s1. The summed E-state index contributed by atoms with van der Waals surface area (Å²) < 4.78 is 68.7. The topological polar surface area (TPSA) is 237 Å². The fourth-order valence-corrected chi connectivity index (χ4v) is 13.8. The van der Waals surface area contributed by atoms with E-state index < -0.39 is 97.5 Å². The first-order chi connectivity index (χ1) is 48.9. The molecule has 0 radical (unpaired) electrons. The quantitative estimate of drug-likeness (QED) is 0.0169. The Morgan fingerprint density at radius 3 is 0.812 bits per heavy atom. The van der Waals surface area contributed by atoms with Gasteiger partial charge in [0, 0.05) is 25.7 Å². The average Bonchev–Trinajstić information content (AvgIpc) is 1.55. The summed E-state index contributed by atoms with van der Waals surface area (Å²) >= 11 is 0. The molecule has 0 aliphatic rings. The number of hydrogen-bond donors (Lipinski definition) is 3. The lowest BCUT2D eigenvalue weighted by molar-refractivity contribution is -0.161. The summed E-state index contributed by atoms with van der Waals surface area (Å²) in [7, 11) is -9.93. The van der Waals surface area contributed by atoms with E-state index in [1.54, 1.807) is 0 Å². The Balaban J connectivity index is 5.30. The van der Waals surface area contributed by atoms with Crippen LogP contribution in [0.5, 0.6) is 0 Å². The van der Waals surface area contributed by atoms with E-state index in [1.807, 2.05) is 0 Å². The van der Waals surface area contributed by atoms with Gasteiger partial charge >= 0.3 is 39.5 Å². The zero-order valence-electron chi connectivity index (χ0n) is 65.7. The van der Waals surface area contributed by atoms with Gasteiger partial charge in [0.05, 0.1) is 26.4 Å². The van der Waals surface area contributed by atoms with Crippen LogP contribution in [-0.4, -0.2) is 96.7 Å². The van der Waals surface area contributed by atoms with Crippen LogP contribution < -0.4 is 0 Å². The first-order valence-corrected chi connectivity index (χ1v) is 44.8. The molecule has 3 N–H and O–H groups in total. The van der Waals surface area contributed by atoms with Gasteiger partial charge in [0.1, 0.15) is 19.3 Å². The van der Waals surface area contributed by atoms with Gasteiger partial charge < -0.3 is 33.8 Å². The second-order valence-corrected chi connectivity index (χ2v) is 32.7. The molecule has 0 rings (SSSR count). The molecule has 0 bridgehead atoms. The Kier molecular flexibility index (Phi) is 71.3. The van der Waals surface area contributed by atoms with Gasteiger partial charge in [-0.05, 0) is 63.2 Å². The minimum absolute atomic E-state index is 0.0855. The number of phosphoric acid groups is 2. The molecule has 5 atom stereocenters. The Bertz CT molecular complexity index is 2040. The largest absolute Gasteiger partial charge is 0.472 e. The number of ether oxygens (including phenoxy) is 4. The van der Waals surface area contributed by atoms with Crippen LogP contribution in [0.3, 0.4) is 0 Å². The fraction of sp³-hybridized carbons (Fsp3) is 0.902. The third-order valence-electron chi connectivity index (χ3n) is 18.6. The van der Waals surface area contributed by atoms with Crippen molar-refractivity contribution in [1.82, 2.24) is 0 Å². The van der Waals surface area contributed by atoms with Crippen LogP contribution in [0.4, 0.5) is 0 Å². The number of aliphatic hydroxyl groups excluding tert-OH is 1. The Morgan fingerprint density at radius 1 is 0.307 bits per heavy atom. The molecule has 0 aromatic heterocycles. The van der Waals surface area contributed by atoms with E-state index in [0.717, 1.165) is 115 Å². The monoisotopic (exact) mass is 1480 g/mol. The Morgan fingerprint density at radius 2 is 0.535 bits per heavy atom. The molecule has 2 unspecified atom stereocenters. The van der Waals surface area contributed by atoms with E-state index in [9.17, 15) is 43.2 Å². The molecule has 101 heavy (non-hydrogen) atoms. The van der Waals surface area contributed by atoms with Crippen molar-refractivity contribution in [3.8, 4) is 0 Å². The van der Waals surface area contributed by atoms with Gasteiger partial charge in [0.25, 0.3) is 0 Å². The van der Waals surface area contributed by atoms with Crippen molar-refractivity contribution >= 4 is 39.5 Å². The highest BCUT2D eigenvalue weighted by Crippen LogP contribution is 2.45. The third-order valence-corrected chi connectivity index (χ3v) is 20.5. The summed E-state index contributed by atoms with van der Waals surface area (Å²) in [6.07, 6.45) is 65.9. The minimum Gasteiger partial charge on any atom is -0.462 e. The lowest BCUT2D eigenvalue weighted by Crippen LogP contribution is -2.30. The number of hydrogen-bond acceptors (Lipinski definition) is 15. The van der Waals surface area contributed by atoms with Crippen LogP contribution in [-0.2, 0) is 65.4 Å². The number of esters is 4. The highest BCUT2D eigenvalue weighted by Gasteiger charge is 2.30. The summed E-state index contributed by atoms with van der Waals surface area (Å²) in [4.78, 5) is 73.1. The maximum Gasteiger partial charge on any atom is 0.472 e. The molecule has 0 aliphatic carbocycles.